The lowest BCUT2D eigenvalue weighted by Crippen LogP contribution is -2.20. The first-order valence-electron chi connectivity index (χ1n) is 8.43. The van der Waals surface area contributed by atoms with Crippen molar-refractivity contribution in [2.45, 2.75) is 0 Å². The highest BCUT2D eigenvalue weighted by molar-refractivity contribution is 6.30. The molecule has 0 fully saturated rings. The first-order valence-corrected chi connectivity index (χ1v) is 8.80. The van der Waals surface area contributed by atoms with Crippen molar-refractivity contribution in [3.63, 3.8) is 0 Å². The molecule has 0 amide bonds. The summed E-state index contributed by atoms with van der Waals surface area (Å²) >= 11 is 6.22. The van der Waals surface area contributed by atoms with Crippen LogP contribution in [0, 0.1) is 0 Å². The van der Waals surface area contributed by atoms with Gasteiger partial charge in [-0.05, 0) is 42.5 Å². The maximum absolute atomic E-state index is 13.4. The molecule has 0 N–H and O–H groups in total. The van der Waals surface area contributed by atoms with Crippen molar-refractivity contribution in [1.82, 2.24) is 14.0 Å². The Kier molecular flexibility index (Phi) is 3.45. The quantitative estimate of drug-likeness (QED) is 0.458. The predicted molar refractivity (Wildman–Crippen MR) is 107 cm³/mol. The fourth-order valence-corrected chi connectivity index (χ4v) is 3.62. The summed E-state index contributed by atoms with van der Waals surface area (Å²) in [6.07, 6.45) is 1.78. The molecule has 0 atom stereocenters. The summed E-state index contributed by atoms with van der Waals surface area (Å²) in [5, 5.41) is 2.01. The highest BCUT2D eigenvalue weighted by Gasteiger charge is 2.17. The number of hydrogen-bond acceptors (Lipinski definition) is 3. The van der Waals surface area contributed by atoms with E-state index in [-0.39, 0.29) is 5.56 Å². The van der Waals surface area contributed by atoms with Gasteiger partial charge in [-0.15, -0.1) is 0 Å². The number of imidazole rings is 1. The van der Waals surface area contributed by atoms with Crippen LogP contribution in [0.5, 0.6) is 5.75 Å². The van der Waals surface area contributed by atoms with E-state index in [0.29, 0.717) is 16.1 Å². The molecular formula is C21H14ClN3O2. The number of pyridine rings is 2. The van der Waals surface area contributed by atoms with Crippen LogP contribution in [0.25, 0.3) is 33.3 Å². The van der Waals surface area contributed by atoms with Crippen molar-refractivity contribution in [1.29, 1.82) is 0 Å². The molecule has 0 unspecified atom stereocenters. The van der Waals surface area contributed by atoms with Crippen LogP contribution in [-0.4, -0.2) is 21.1 Å². The van der Waals surface area contributed by atoms with E-state index in [4.69, 9.17) is 21.3 Å². The molecule has 0 saturated heterocycles. The number of fused-ring (bicyclic) bond motifs is 5. The average Bonchev–Trinajstić information content (AvgIpc) is 3.07. The summed E-state index contributed by atoms with van der Waals surface area (Å²) in [7, 11) is 1.61. The molecule has 6 heteroatoms. The van der Waals surface area contributed by atoms with Crippen molar-refractivity contribution in [2.75, 3.05) is 7.11 Å². The van der Waals surface area contributed by atoms with Crippen LogP contribution in [0.3, 0.4) is 0 Å². The molecule has 0 aliphatic heterocycles. The minimum Gasteiger partial charge on any atom is -0.497 e. The third-order valence-electron chi connectivity index (χ3n) is 4.72. The van der Waals surface area contributed by atoms with Crippen molar-refractivity contribution >= 4 is 39.2 Å². The van der Waals surface area contributed by atoms with E-state index in [0.717, 1.165) is 28.0 Å². The Labute approximate surface area is 159 Å². The van der Waals surface area contributed by atoms with Gasteiger partial charge in [0.05, 0.1) is 17.8 Å². The minimum atomic E-state index is -0.106. The monoisotopic (exact) mass is 375 g/mol. The van der Waals surface area contributed by atoms with Crippen molar-refractivity contribution in [3.8, 4) is 11.4 Å². The standard InChI is InChI=1S/C21H14ClN3O2/c1-27-15-9-7-14(8-10-15)25-20-19(16-4-2-3-5-17(16)21(25)26)23-18-11-6-13(22)12-24(18)20/h2-12H,1H3. The number of rotatable bonds is 2. The van der Waals surface area contributed by atoms with Crippen LogP contribution >= 0.6 is 11.6 Å². The Hall–Kier alpha value is -3.31. The molecule has 5 rings (SSSR count). The molecule has 0 aliphatic carbocycles. The summed E-state index contributed by atoms with van der Waals surface area (Å²) in [6.45, 7) is 0. The summed E-state index contributed by atoms with van der Waals surface area (Å²) in [5.74, 6) is 0.727. The highest BCUT2D eigenvalue weighted by Crippen LogP contribution is 2.27. The second-order valence-corrected chi connectivity index (χ2v) is 6.68. The summed E-state index contributed by atoms with van der Waals surface area (Å²) < 4.78 is 8.77. The second kappa shape index (κ2) is 5.86. The molecule has 3 heterocycles. The van der Waals surface area contributed by atoms with Gasteiger partial charge < -0.3 is 4.74 Å². The number of ether oxygens (including phenoxy) is 1. The van der Waals surface area contributed by atoms with Gasteiger partial charge in [0.2, 0.25) is 0 Å². The molecule has 0 aliphatic rings. The number of hydrogen-bond donors (Lipinski definition) is 0. The average molecular weight is 376 g/mol. The number of nitrogens with zero attached hydrogens (tertiary/aromatic N) is 3. The summed E-state index contributed by atoms with van der Waals surface area (Å²) in [4.78, 5) is 18.1. The fraction of sp³-hybridized carbons (Fsp3) is 0.0476. The van der Waals surface area contributed by atoms with E-state index in [2.05, 4.69) is 0 Å². The van der Waals surface area contributed by atoms with Crippen LogP contribution in [0.1, 0.15) is 0 Å². The van der Waals surface area contributed by atoms with E-state index in [9.17, 15) is 4.79 Å². The van der Waals surface area contributed by atoms with Crippen LogP contribution in [0.4, 0.5) is 0 Å². The van der Waals surface area contributed by atoms with Gasteiger partial charge in [0, 0.05) is 17.0 Å². The van der Waals surface area contributed by atoms with Crippen molar-refractivity contribution in [2.24, 2.45) is 0 Å². The predicted octanol–water partition coefficient (Wildman–Crippen LogP) is 4.45. The Morgan fingerprint density at radius 3 is 2.44 bits per heavy atom. The van der Waals surface area contributed by atoms with Crippen LogP contribution in [0.15, 0.2) is 71.7 Å². The highest BCUT2D eigenvalue weighted by atomic mass is 35.5. The molecule has 5 nitrogen and oxygen atoms in total. The molecular weight excluding hydrogens is 362 g/mol. The number of methoxy groups -OCH3 is 1. The zero-order chi connectivity index (χ0) is 18.5. The van der Waals surface area contributed by atoms with Gasteiger partial charge in [0.1, 0.15) is 16.9 Å². The summed E-state index contributed by atoms with van der Waals surface area (Å²) in [5.41, 5.74) is 2.79. The molecule has 132 valence electrons. The first kappa shape index (κ1) is 15.9. The van der Waals surface area contributed by atoms with Gasteiger partial charge in [-0.2, -0.15) is 0 Å². The molecule has 0 saturated carbocycles. The fourth-order valence-electron chi connectivity index (χ4n) is 3.46. The van der Waals surface area contributed by atoms with Gasteiger partial charge in [0.25, 0.3) is 5.56 Å². The van der Waals surface area contributed by atoms with Gasteiger partial charge in [-0.25, -0.2) is 4.98 Å². The maximum atomic E-state index is 13.4. The van der Waals surface area contributed by atoms with Crippen molar-refractivity contribution < 1.29 is 4.74 Å². The van der Waals surface area contributed by atoms with Gasteiger partial charge >= 0.3 is 0 Å². The Balaban J connectivity index is 2.02. The van der Waals surface area contributed by atoms with E-state index >= 15 is 0 Å². The number of halogens is 1. The van der Waals surface area contributed by atoms with E-state index in [1.807, 2.05) is 59.0 Å². The maximum Gasteiger partial charge on any atom is 0.264 e. The third kappa shape index (κ3) is 2.32. The molecule has 0 bridgehead atoms. The SMILES string of the molecule is COc1ccc(-n2c(=O)c3ccccc3c3nc4ccc(Cl)cn4c32)cc1. The summed E-state index contributed by atoms with van der Waals surface area (Å²) in [6, 6.07) is 18.5. The van der Waals surface area contributed by atoms with Gasteiger partial charge in [-0.1, -0.05) is 29.8 Å². The normalized spacial score (nSPS) is 11.5. The topological polar surface area (TPSA) is 48.5 Å². The second-order valence-electron chi connectivity index (χ2n) is 6.24. The largest absolute Gasteiger partial charge is 0.497 e. The van der Waals surface area contributed by atoms with Gasteiger partial charge in [-0.3, -0.25) is 13.8 Å². The Morgan fingerprint density at radius 2 is 1.70 bits per heavy atom. The third-order valence-corrected chi connectivity index (χ3v) is 4.94. The minimum absolute atomic E-state index is 0.106. The van der Waals surface area contributed by atoms with Gasteiger partial charge in [0.15, 0.2) is 5.65 Å². The lowest BCUT2D eigenvalue weighted by Gasteiger charge is -2.11. The molecule has 27 heavy (non-hydrogen) atoms. The lowest BCUT2D eigenvalue weighted by molar-refractivity contribution is 0.414. The first-order chi connectivity index (χ1) is 13.2. The van der Waals surface area contributed by atoms with Crippen LogP contribution < -0.4 is 10.3 Å². The van der Waals surface area contributed by atoms with Crippen molar-refractivity contribution in [3.05, 3.63) is 82.2 Å². The lowest BCUT2D eigenvalue weighted by atomic mass is 10.1. The number of benzene rings is 2. The van der Waals surface area contributed by atoms with Crippen LogP contribution in [0.2, 0.25) is 5.02 Å². The van der Waals surface area contributed by atoms with Crippen LogP contribution in [-0.2, 0) is 0 Å². The molecule has 5 aromatic rings. The van der Waals surface area contributed by atoms with E-state index in [1.54, 1.807) is 23.9 Å². The molecule has 0 spiro atoms. The number of aromatic nitrogens is 3. The molecule has 2 aromatic carbocycles. The Bertz CT molecular complexity index is 1380. The molecule has 0 radical (unpaired) electrons. The van der Waals surface area contributed by atoms with E-state index in [1.165, 1.54) is 0 Å². The Morgan fingerprint density at radius 1 is 0.963 bits per heavy atom. The van der Waals surface area contributed by atoms with E-state index < -0.39 is 0 Å². The zero-order valence-electron chi connectivity index (χ0n) is 14.4. The molecule has 3 aromatic heterocycles. The zero-order valence-corrected chi connectivity index (χ0v) is 15.1. The smallest absolute Gasteiger partial charge is 0.264 e.